The van der Waals surface area contributed by atoms with Crippen molar-refractivity contribution in [1.29, 1.82) is 0 Å². The van der Waals surface area contributed by atoms with Gasteiger partial charge >= 0.3 is 6.16 Å². The molecule has 4 aromatic rings. The molecule has 0 saturated heterocycles. The van der Waals surface area contributed by atoms with E-state index >= 15 is 0 Å². The molecular formula is C24H22ClFN4O4. The largest absolute Gasteiger partial charge is 0.513 e. The van der Waals surface area contributed by atoms with Crippen molar-refractivity contribution in [3.05, 3.63) is 83.0 Å². The number of ether oxygens (including phenoxy) is 3. The summed E-state index contributed by atoms with van der Waals surface area (Å²) in [6, 6.07) is 14.2. The van der Waals surface area contributed by atoms with Crippen molar-refractivity contribution in [2.75, 3.05) is 19.0 Å². The third-order valence-corrected chi connectivity index (χ3v) is 5.30. The van der Waals surface area contributed by atoms with E-state index in [9.17, 15) is 9.18 Å². The van der Waals surface area contributed by atoms with E-state index in [1.807, 2.05) is 30.3 Å². The number of aromatic nitrogens is 3. The topological polar surface area (TPSA) is 87.0 Å². The number of carbonyl (C=O) groups is 1. The molecule has 0 aliphatic heterocycles. The van der Waals surface area contributed by atoms with Gasteiger partial charge in [-0.1, -0.05) is 41.9 Å². The number of aryl methyl sites for hydroxylation is 1. The smallest absolute Gasteiger partial charge is 0.437 e. The van der Waals surface area contributed by atoms with Crippen LogP contribution in [0.25, 0.3) is 5.52 Å². The van der Waals surface area contributed by atoms with Crippen molar-refractivity contribution in [3.63, 3.8) is 0 Å². The second kappa shape index (κ2) is 11.0. The van der Waals surface area contributed by atoms with Gasteiger partial charge in [0.25, 0.3) is 0 Å². The monoisotopic (exact) mass is 484 g/mol. The van der Waals surface area contributed by atoms with Crippen LogP contribution in [0.4, 0.5) is 20.7 Å². The van der Waals surface area contributed by atoms with Crippen LogP contribution in [-0.4, -0.2) is 34.5 Å². The number of fused-ring (bicyclic) bond motifs is 1. The van der Waals surface area contributed by atoms with E-state index in [1.165, 1.54) is 25.6 Å². The number of hydrogen-bond donors (Lipinski definition) is 1. The zero-order valence-corrected chi connectivity index (χ0v) is 19.1. The number of halogens is 2. The lowest BCUT2D eigenvalue weighted by Gasteiger charge is -2.10. The molecule has 0 aliphatic carbocycles. The molecule has 0 fully saturated rings. The van der Waals surface area contributed by atoms with E-state index in [0.717, 1.165) is 5.56 Å². The molecule has 2 heterocycles. The second-order valence-electron chi connectivity index (χ2n) is 7.33. The van der Waals surface area contributed by atoms with Crippen molar-refractivity contribution in [3.8, 4) is 5.75 Å². The fourth-order valence-electron chi connectivity index (χ4n) is 3.43. The first-order valence-electron chi connectivity index (χ1n) is 10.5. The van der Waals surface area contributed by atoms with E-state index in [1.54, 1.807) is 16.8 Å². The summed E-state index contributed by atoms with van der Waals surface area (Å²) in [5, 5.41) is 7.35. The van der Waals surface area contributed by atoms with E-state index in [-0.39, 0.29) is 5.02 Å². The second-order valence-corrected chi connectivity index (χ2v) is 7.73. The highest BCUT2D eigenvalue weighted by Gasteiger charge is 2.20. The molecule has 0 unspecified atom stereocenters. The fourth-order valence-corrected chi connectivity index (χ4v) is 3.61. The maximum absolute atomic E-state index is 13.6. The Hall–Kier alpha value is -3.69. The number of nitrogens with zero attached hydrogens (tertiary/aromatic N) is 3. The lowest BCUT2D eigenvalue weighted by atomic mass is 10.1. The standard InChI is InChI=1S/C24H22ClFN4O4/c1-32-24(31)34-21-13-30-22(18(21)8-5-11-33-14-16-6-3-2-4-7-16)23(27-15-28-30)29-17-9-10-20(26)19(25)12-17/h2-4,6-7,9-10,12-13,15H,5,8,11,14H2,1H3,(H,27,28,29). The maximum Gasteiger partial charge on any atom is 0.513 e. The lowest BCUT2D eigenvalue weighted by Crippen LogP contribution is -2.08. The summed E-state index contributed by atoms with van der Waals surface area (Å²) < 4.78 is 30.9. The Bertz CT molecular complexity index is 1280. The van der Waals surface area contributed by atoms with Crippen LogP contribution in [0, 0.1) is 5.82 Å². The Balaban J connectivity index is 1.57. The minimum atomic E-state index is -0.842. The average molecular weight is 485 g/mol. The van der Waals surface area contributed by atoms with Crippen LogP contribution >= 0.6 is 11.6 Å². The molecule has 1 N–H and O–H groups in total. The van der Waals surface area contributed by atoms with Gasteiger partial charge in [-0.3, -0.25) is 0 Å². The predicted octanol–water partition coefficient (Wildman–Crippen LogP) is 5.56. The zero-order valence-electron chi connectivity index (χ0n) is 18.3. The Kier molecular flexibility index (Phi) is 7.56. The molecule has 2 aromatic carbocycles. The van der Waals surface area contributed by atoms with Gasteiger partial charge in [0.05, 0.1) is 24.9 Å². The summed E-state index contributed by atoms with van der Waals surface area (Å²) >= 11 is 5.91. The molecule has 0 atom stereocenters. The SMILES string of the molecule is COC(=O)Oc1cn2ncnc(Nc3ccc(F)c(Cl)c3)c2c1CCCOCc1ccccc1. The predicted molar refractivity (Wildman–Crippen MR) is 125 cm³/mol. The zero-order chi connectivity index (χ0) is 23.9. The van der Waals surface area contributed by atoms with E-state index in [2.05, 4.69) is 20.1 Å². The first-order valence-corrected chi connectivity index (χ1v) is 10.9. The minimum Gasteiger partial charge on any atom is -0.437 e. The molecule has 10 heteroatoms. The van der Waals surface area contributed by atoms with Crippen molar-refractivity contribution < 1.29 is 23.4 Å². The van der Waals surface area contributed by atoms with Crippen LogP contribution in [-0.2, 0) is 22.5 Å². The molecule has 0 saturated carbocycles. The van der Waals surface area contributed by atoms with Gasteiger partial charge in [0.15, 0.2) is 11.6 Å². The Morgan fingerprint density at radius 3 is 2.79 bits per heavy atom. The summed E-state index contributed by atoms with van der Waals surface area (Å²) in [4.78, 5) is 16.1. The van der Waals surface area contributed by atoms with Crippen LogP contribution < -0.4 is 10.1 Å². The first kappa shape index (κ1) is 23.5. The molecule has 0 bridgehead atoms. The van der Waals surface area contributed by atoms with Gasteiger partial charge in [0, 0.05) is 17.9 Å². The van der Waals surface area contributed by atoms with Crippen LogP contribution in [0.5, 0.6) is 5.75 Å². The molecule has 0 aliphatic rings. The maximum atomic E-state index is 13.6. The van der Waals surface area contributed by atoms with Crippen molar-refractivity contribution in [1.82, 2.24) is 14.6 Å². The van der Waals surface area contributed by atoms with Gasteiger partial charge in [0.1, 0.15) is 17.7 Å². The van der Waals surface area contributed by atoms with Crippen LogP contribution in [0.2, 0.25) is 5.02 Å². The van der Waals surface area contributed by atoms with Crippen molar-refractivity contribution in [2.45, 2.75) is 19.4 Å². The molecule has 8 nitrogen and oxygen atoms in total. The molecule has 0 radical (unpaired) electrons. The van der Waals surface area contributed by atoms with E-state index in [0.29, 0.717) is 54.4 Å². The van der Waals surface area contributed by atoms with Crippen LogP contribution in [0.1, 0.15) is 17.5 Å². The number of carbonyl (C=O) groups excluding carboxylic acids is 1. The Morgan fingerprint density at radius 1 is 1.21 bits per heavy atom. The van der Waals surface area contributed by atoms with E-state index < -0.39 is 12.0 Å². The number of anilines is 2. The number of nitrogens with one attached hydrogen (secondary N) is 1. The average Bonchev–Trinajstić information content (AvgIpc) is 3.19. The molecular weight excluding hydrogens is 463 g/mol. The molecule has 0 spiro atoms. The number of methoxy groups -OCH3 is 1. The molecule has 34 heavy (non-hydrogen) atoms. The normalized spacial score (nSPS) is 10.9. The first-order chi connectivity index (χ1) is 16.5. The highest BCUT2D eigenvalue weighted by Crippen LogP contribution is 2.32. The van der Waals surface area contributed by atoms with Crippen molar-refractivity contribution in [2.24, 2.45) is 0 Å². The highest BCUT2D eigenvalue weighted by atomic mass is 35.5. The summed E-state index contributed by atoms with van der Waals surface area (Å²) in [5.74, 6) is 0.223. The summed E-state index contributed by atoms with van der Waals surface area (Å²) in [7, 11) is 1.24. The molecule has 2 aromatic heterocycles. The minimum absolute atomic E-state index is 0.0176. The van der Waals surface area contributed by atoms with E-state index in [4.69, 9.17) is 21.1 Å². The summed E-state index contributed by atoms with van der Waals surface area (Å²) in [6.45, 7) is 0.998. The Labute approximate surface area is 200 Å². The van der Waals surface area contributed by atoms with Gasteiger partial charge < -0.3 is 19.5 Å². The molecule has 0 amide bonds. The van der Waals surface area contributed by atoms with Gasteiger partial charge in [-0.25, -0.2) is 18.7 Å². The van der Waals surface area contributed by atoms with Gasteiger partial charge in [0.2, 0.25) is 0 Å². The number of rotatable bonds is 9. The van der Waals surface area contributed by atoms with Gasteiger partial charge in [-0.15, -0.1) is 0 Å². The lowest BCUT2D eigenvalue weighted by molar-refractivity contribution is 0.117. The molecule has 4 rings (SSSR count). The summed E-state index contributed by atoms with van der Waals surface area (Å²) in [6.07, 6.45) is 3.27. The van der Waals surface area contributed by atoms with Crippen LogP contribution in [0.3, 0.4) is 0 Å². The van der Waals surface area contributed by atoms with Gasteiger partial charge in [-0.05, 0) is 36.6 Å². The third kappa shape index (κ3) is 5.62. The van der Waals surface area contributed by atoms with Crippen LogP contribution in [0.15, 0.2) is 61.1 Å². The quantitative estimate of drug-likeness (QED) is 0.246. The fraction of sp³-hybridized carbons (Fsp3) is 0.208. The summed E-state index contributed by atoms with van der Waals surface area (Å²) in [5.41, 5.74) is 2.93. The number of benzene rings is 2. The number of hydrogen-bond acceptors (Lipinski definition) is 7. The van der Waals surface area contributed by atoms with Crippen molar-refractivity contribution >= 4 is 34.8 Å². The Morgan fingerprint density at radius 2 is 2.03 bits per heavy atom. The third-order valence-electron chi connectivity index (χ3n) is 5.01. The van der Waals surface area contributed by atoms with Gasteiger partial charge in [-0.2, -0.15) is 5.10 Å². The molecule has 176 valence electrons. The highest BCUT2D eigenvalue weighted by molar-refractivity contribution is 6.31.